The van der Waals surface area contributed by atoms with Gasteiger partial charge < -0.3 is 0 Å². The van der Waals surface area contributed by atoms with Crippen LogP contribution < -0.4 is 0 Å². The van der Waals surface area contributed by atoms with E-state index in [9.17, 15) is 0 Å². The van der Waals surface area contributed by atoms with Crippen LogP contribution in [-0.4, -0.2) is 18.9 Å². The van der Waals surface area contributed by atoms with Crippen LogP contribution in [0.5, 0.6) is 0 Å². The Morgan fingerprint density at radius 1 is 0.857 bits per heavy atom. The van der Waals surface area contributed by atoms with E-state index in [4.69, 9.17) is 0 Å². The quantitative estimate of drug-likeness (QED) is 0.409. The maximum Gasteiger partial charge on any atom is -0.0184 e. The molecule has 0 aliphatic carbocycles. The van der Waals surface area contributed by atoms with E-state index in [1.807, 2.05) is 30.3 Å². The number of hydrogen-bond acceptors (Lipinski definition) is 0. The molecule has 0 saturated carbocycles. The van der Waals surface area contributed by atoms with E-state index in [1.165, 1.54) is 0 Å². The molecule has 0 fully saturated rings. The Balaban J connectivity index is 0.000000360. The maximum atomic E-state index is 2.89. The molecule has 0 aliphatic rings. The van der Waals surface area contributed by atoms with Gasteiger partial charge in [0.25, 0.3) is 0 Å². The number of hydrogen-bond donors (Lipinski definition) is 0. The Kier molecular flexibility index (Phi) is 3.89. The van der Waals surface area contributed by atoms with Crippen LogP contribution in [0.4, 0.5) is 0 Å². The standard InChI is InChI=1S/C6H5.Li.H/c1-2-4-6-5-3-1;;/h1-5H;;. The summed E-state index contributed by atoms with van der Waals surface area (Å²) in [4.78, 5) is 0. The largest absolute Gasteiger partial charge is 0.0622 e. The molecular weight excluding hydrogens is 79.0 g/mol. The van der Waals surface area contributed by atoms with Crippen molar-refractivity contribution in [2.24, 2.45) is 0 Å². The van der Waals surface area contributed by atoms with E-state index in [2.05, 4.69) is 6.07 Å². The average molecular weight is 85.1 g/mol. The zero-order valence-electron chi connectivity index (χ0n) is 3.39. The van der Waals surface area contributed by atoms with Gasteiger partial charge in [0.1, 0.15) is 0 Å². The molecule has 0 aromatic heterocycles. The maximum absolute atomic E-state index is 2.89. The summed E-state index contributed by atoms with van der Waals surface area (Å²) in [5.41, 5.74) is 0. The third-order valence-electron chi connectivity index (χ3n) is 0.607. The zero-order chi connectivity index (χ0) is 4.24. The van der Waals surface area contributed by atoms with E-state index in [-0.39, 0.29) is 18.9 Å². The SMILES string of the molecule is [LiH].[c]1ccccc1. The van der Waals surface area contributed by atoms with Gasteiger partial charge in [-0.15, -0.1) is 0 Å². The smallest absolute Gasteiger partial charge is 0.0184 e. The second kappa shape index (κ2) is 3.99. The zero-order valence-corrected chi connectivity index (χ0v) is 3.39. The Labute approximate surface area is 55.7 Å². The number of rotatable bonds is 0. The van der Waals surface area contributed by atoms with Gasteiger partial charge in [0.15, 0.2) is 0 Å². The summed E-state index contributed by atoms with van der Waals surface area (Å²) in [7, 11) is 0. The average Bonchev–Trinajstić information content (AvgIpc) is 1.72. The Hall–Kier alpha value is -0.183. The van der Waals surface area contributed by atoms with Crippen LogP contribution in [0.15, 0.2) is 30.3 Å². The van der Waals surface area contributed by atoms with Crippen molar-refractivity contribution in [3.05, 3.63) is 36.4 Å². The first-order valence-corrected chi connectivity index (χ1v) is 1.91. The summed E-state index contributed by atoms with van der Waals surface area (Å²) >= 11 is 0. The minimum Gasteiger partial charge on any atom is -0.0622 e. The minimum atomic E-state index is 0. The summed E-state index contributed by atoms with van der Waals surface area (Å²) < 4.78 is 0. The first kappa shape index (κ1) is 6.82. The molecule has 0 N–H and O–H groups in total. The van der Waals surface area contributed by atoms with Crippen molar-refractivity contribution >= 4 is 18.9 Å². The molecule has 0 unspecified atom stereocenters. The first-order valence-electron chi connectivity index (χ1n) is 1.91. The molecule has 0 bridgehead atoms. The van der Waals surface area contributed by atoms with Crippen LogP contribution in [0.1, 0.15) is 0 Å². The van der Waals surface area contributed by atoms with Crippen molar-refractivity contribution in [2.75, 3.05) is 0 Å². The predicted octanol–water partition coefficient (Wildman–Crippen LogP) is 0.838. The summed E-state index contributed by atoms with van der Waals surface area (Å²) in [6.45, 7) is 0. The Bertz CT molecular complexity index is 76.1. The van der Waals surface area contributed by atoms with Gasteiger partial charge in [-0.3, -0.25) is 0 Å². The molecule has 1 aromatic rings. The van der Waals surface area contributed by atoms with Crippen molar-refractivity contribution in [1.29, 1.82) is 0 Å². The molecule has 1 aromatic carbocycles. The first-order chi connectivity index (χ1) is 3.00. The van der Waals surface area contributed by atoms with Crippen LogP contribution in [-0.2, 0) is 0 Å². The summed E-state index contributed by atoms with van der Waals surface area (Å²) in [6.07, 6.45) is 0. The van der Waals surface area contributed by atoms with E-state index in [0.29, 0.717) is 0 Å². The summed E-state index contributed by atoms with van der Waals surface area (Å²) in [5, 5.41) is 0. The molecule has 0 aliphatic heterocycles. The van der Waals surface area contributed by atoms with Gasteiger partial charge in [0.05, 0.1) is 0 Å². The third-order valence-corrected chi connectivity index (χ3v) is 0.607. The summed E-state index contributed by atoms with van der Waals surface area (Å²) in [5.74, 6) is 0. The Morgan fingerprint density at radius 3 is 1.57 bits per heavy atom. The van der Waals surface area contributed by atoms with Gasteiger partial charge >= 0.3 is 18.9 Å². The fourth-order valence-corrected chi connectivity index (χ4v) is 0.342. The van der Waals surface area contributed by atoms with Gasteiger partial charge in [-0.25, -0.2) is 0 Å². The molecule has 0 atom stereocenters. The predicted molar refractivity (Wildman–Crippen MR) is 32.4 cm³/mol. The van der Waals surface area contributed by atoms with Gasteiger partial charge in [-0.2, -0.15) is 0 Å². The fraction of sp³-hybridized carbons (Fsp3) is 0. The van der Waals surface area contributed by atoms with E-state index in [1.54, 1.807) is 0 Å². The van der Waals surface area contributed by atoms with Crippen molar-refractivity contribution < 1.29 is 0 Å². The minimum absolute atomic E-state index is 0. The monoisotopic (exact) mass is 85.1 g/mol. The molecule has 7 heavy (non-hydrogen) atoms. The van der Waals surface area contributed by atoms with Gasteiger partial charge in [0.2, 0.25) is 0 Å². The van der Waals surface area contributed by atoms with Crippen molar-refractivity contribution in [3.8, 4) is 0 Å². The molecule has 1 radical (unpaired) electrons. The molecule has 31 valence electrons. The molecule has 0 saturated heterocycles. The summed E-state index contributed by atoms with van der Waals surface area (Å²) in [6, 6.07) is 12.5. The van der Waals surface area contributed by atoms with Gasteiger partial charge in [-0.05, 0) is 6.07 Å². The van der Waals surface area contributed by atoms with E-state index in [0.717, 1.165) is 0 Å². The molecule has 1 heteroatoms. The van der Waals surface area contributed by atoms with Crippen molar-refractivity contribution in [3.63, 3.8) is 0 Å². The molecular formula is C6H6Li. The second-order valence-corrected chi connectivity index (χ2v) is 1.08. The third kappa shape index (κ3) is 2.50. The van der Waals surface area contributed by atoms with Crippen molar-refractivity contribution in [1.82, 2.24) is 0 Å². The molecule has 1 rings (SSSR count). The Morgan fingerprint density at radius 2 is 1.43 bits per heavy atom. The second-order valence-electron chi connectivity index (χ2n) is 1.08. The normalized spacial score (nSPS) is 6.86. The van der Waals surface area contributed by atoms with Crippen LogP contribution in [0.2, 0.25) is 0 Å². The van der Waals surface area contributed by atoms with Gasteiger partial charge in [0, 0.05) is 0 Å². The van der Waals surface area contributed by atoms with Crippen LogP contribution in [0, 0.1) is 6.07 Å². The van der Waals surface area contributed by atoms with Crippen LogP contribution in [0.25, 0.3) is 0 Å². The van der Waals surface area contributed by atoms with Crippen LogP contribution in [0.3, 0.4) is 0 Å². The van der Waals surface area contributed by atoms with Crippen LogP contribution >= 0.6 is 0 Å². The van der Waals surface area contributed by atoms with Gasteiger partial charge in [-0.1, -0.05) is 30.3 Å². The fourth-order valence-electron chi connectivity index (χ4n) is 0.342. The topological polar surface area (TPSA) is 0 Å². The molecule has 0 heterocycles. The number of benzene rings is 1. The molecule has 0 spiro atoms. The molecule has 0 amide bonds. The van der Waals surface area contributed by atoms with E-state index >= 15 is 0 Å². The van der Waals surface area contributed by atoms with E-state index < -0.39 is 0 Å². The van der Waals surface area contributed by atoms with Crippen molar-refractivity contribution in [2.45, 2.75) is 0 Å². The molecule has 0 nitrogen and oxygen atoms in total.